The molecule has 0 aromatic heterocycles. The number of para-hydroxylation sites is 1. The van der Waals surface area contributed by atoms with Gasteiger partial charge >= 0.3 is 0 Å². The first kappa shape index (κ1) is 17.7. The van der Waals surface area contributed by atoms with Gasteiger partial charge in [-0.1, -0.05) is 18.2 Å². The zero-order valence-electron chi connectivity index (χ0n) is 15.6. The minimum atomic E-state index is 0.00284. The highest BCUT2D eigenvalue weighted by Gasteiger charge is 2.30. The van der Waals surface area contributed by atoms with E-state index in [1.54, 1.807) is 6.92 Å². The van der Waals surface area contributed by atoms with Gasteiger partial charge in [0.25, 0.3) is 0 Å². The first-order valence-corrected chi connectivity index (χ1v) is 9.49. The Balaban J connectivity index is 1.49. The van der Waals surface area contributed by atoms with Gasteiger partial charge in [0, 0.05) is 18.2 Å². The van der Waals surface area contributed by atoms with Gasteiger partial charge in [0.2, 0.25) is 12.7 Å². The molecular weight excluding hydrogens is 342 g/mol. The van der Waals surface area contributed by atoms with Crippen molar-refractivity contribution in [2.24, 2.45) is 0 Å². The molecule has 2 aliphatic rings. The van der Waals surface area contributed by atoms with Crippen LogP contribution in [-0.2, 0) is 4.79 Å². The molecule has 0 unspecified atom stereocenters. The third kappa shape index (κ3) is 4.01. The molecule has 1 saturated heterocycles. The van der Waals surface area contributed by atoms with Crippen LogP contribution in [0.5, 0.6) is 11.5 Å². The molecule has 6 nitrogen and oxygen atoms in total. The van der Waals surface area contributed by atoms with Gasteiger partial charge < -0.3 is 24.6 Å². The lowest BCUT2D eigenvalue weighted by Gasteiger charge is -2.37. The molecule has 2 heterocycles. The first-order valence-electron chi connectivity index (χ1n) is 9.49. The fourth-order valence-electron chi connectivity index (χ4n) is 3.91. The molecule has 2 aromatic carbocycles. The number of benzene rings is 2. The van der Waals surface area contributed by atoms with Crippen molar-refractivity contribution in [2.45, 2.75) is 13.0 Å². The SMILES string of the molecule is CC(=O)NC[C@@H](c1ccc2c(c1)OCO2)[NH+]1CCN(c2ccccc2)CC1. The number of fused-ring (bicyclic) bond motifs is 1. The summed E-state index contributed by atoms with van der Waals surface area (Å²) in [7, 11) is 0. The predicted octanol–water partition coefficient (Wildman–Crippen LogP) is 0.998. The monoisotopic (exact) mass is 368 g/mol. The molecular formula is C21H26N3O3+. The zero-order valence-corrected chi connectivity index (χ0v) is 15.6. The maximum atomic E-state index is 11.5. The molecule has 4 rings (SSSR count). The molecule has 1 fully saturated rings. The topological polar surface area (TPSA) is 55.2 Å². The highest BCUT2D eigenvalue weighted by molar-refractivity contribution is 5.72. The summed E-state index contributed by atoms with van der Waals surface area (Å²) in [6, 6.07) is 16.9. The summed E-state index contributed by atoms with van der Waals surface area (Å²) in [6.07, 6.45) is 0. The van der Waals surface area contributed by atoms with Crippen molar-refractivity contribution in [1.82, 2.24) is 5.32 Å². The van der Waals surface area contributed by atoms with Gasteiger partial charge in [0.1, 0.15) is 6.04 Å². The number of amides is 1. The highest BCUT2D eigenvalue weighted by Crippen LogP contribution is 2.33. The molecule has 2 N–H and O–H groups in total. The average Bonchev–Trinajstić information content (AvgIpc) is 3.17. The van der Waals surface area contributed by atoms with Crippen molar-refractivity contribution in [2.75, 3.05) is 44.4 Å². The maximum Gasteiger partial charge on any atom is 0.231 e. The largest absolute Gasteiger partial charge is 0.454 e. The number of carbonyl (C=O) groups excluding carboxylic acids is 1. The van der Waals surface area contributed by atoms with Crippen molar-refractivity contribution in [3.05, 3.63) is 54.1 Å². The van der Waals surface area contributed by atoms with Gasteiger partial charge in [-0.05, 0) is 30.3 Å². The minimum Gasteiger partial charge on any atom is -0.454 e. The Morgan fingerprint density at radius 3 is 2.59 bits per heavy atom. The fourth-order valence-corrected chi connectivity index (χ4v) is 3.91. The number of piperazine rings is 1. The fraction of sp³-hybridized carbons (Fsp3) is 0.381. The molecule has 2 aromatic rings. The Morgan fingerprint density at radius 2 is 1.85 bits per heavy atom. The number of nitrogens with zero attached hydrogens (tertiary/aromatic N) is 1. The number of carbonyl (C=O) groups is 1. The van der Waals surface area contributed by atoms with E-state index < -0.39 is 0 Å². The van der Waals surface area contributed by atoms with Crippen molar-refractivity contribution in [3.63, 3.8) is 0 Å². The molecule has 0 saturated carbocycles. The lowest BCUT2D eigenvalue weighted by Crippen LogP contribution is -3.15. The number of hydrogen-bond donors (Lipinski definition) is 2. The van der Waals surface area contributed by atoms with Crippen LogP contribution in [0.15, 0.2) is 48.5 Å². The number of quaternary nitrogens is 1. The molecule has 6 heteroatoms. The second-order valence-electron chi connectivity index (χ2n) is 7.08. The van der Waals surface area contributed by atoms with Crippen LogP contribution in [0, 0.1) is 0 Å². The number of ether oxygens (including phenoxy) is 2. The van der Waals surface area contributed by atoms with Crippen LogP contribution in [0.25, 0.3) is 0 Å². The van der Waals surface area contributed by atoms with Crippen LogP contribution in [-0.4, -0.2) is 45.4 Å². The number of anilines is 1. The van der Waals surface area contributed by atoms with Gasteiger partial charge in [0.15, 0.2) is 11.5 Å². The van der Waals surface area contributed by atoms with Gasteiger partial charge in [-0.3, -0.25) is 4.79 Å². The summed E-state index contributed by atoms with van der Waals surface area (Å²) in [4.78, 5) is 15.4. The molecule has 27 heavy (non-hydrogen) atoms. The molecule has 1 amide bonds. The van der Waals surface area contributed by atoms with E-state index >= 15 is 0 Å². The Labute approximate surface area is 159 Å². The van der Waals surface area contributed by atoms with Crippen molar-refractivity contribution >= 4 is 11.6 Å². The smallest absolute Gasteiger partial charge is 0.231 e. The van der Waals surface area contributed by atoms with E-state index in [9.17, 15) is 4.79 Å². The van der Waals surface area contributed by atoms with E-state index in [2.05, 4.69) is 46.6 Å². The summed E-state index contributed by atoms with van der Waals surface area (Å²) >= 11 is 0. The highest BCUT2D eigenvalue weighted by atomic mass is 16.7. The maximum absolute atomic E-state index is 11.5. The van der Waals surface area contributed by atoms with Gasteiger partial charge in [-0.25, -0.2) is 0 Å². The average molecular weight is 368 g/mol. The molecule has 142 valence electrons. The molecule has 0 aliphatic carbocycles. The Bertz CT molecular complexity index is 789. The Morgan fingerprint density at radius 1 is 1.11 bits per heavy atom. The quantitative estimate of drug-likeness (QED) is 0.827. The van der Waals surface area contributed by atoms with Crippen LogP contribution in [0.4, 0.5) is 5.69 Å². The van der Waals surface area contributed by atoms with Gasteiger partial charge in [-0.15, -0.1) is 0 Å². The van der Waals surface area contributed by atoms with Gasteiger partial charge in [-0.2, -0.15) is 0 Å². The summed E-state index contributed by atoms with van der Waals surface area (Å²) in [5.41, 5.74) is 2.45. The second-order valence-corrected chi connectivity index (χ2v) is 7.08. The summed E-state index contributed by atoms with van der Waals surface area (Å²) in [5, 5.41) is 3.01. The molecule has 2 aliphatic heterocycles. The third-order valence-electron chi connectivity index (χ3n) is 5.37. The predicted molar refractivity (Wildman–Crippen MR) is 103 cm³/mol. The van der Waals surface area contributed by atoms with E-state index in [1.807, 2.05) is 12.1 Å². The third-order valence-corrected chi connectivity index (χ3v) is 5.37. The molecule has 1 atom stereocenters. The minimum absolute atomic E-state index is 0.00284. The second kappa shape index (κ2) is 7.88. The van der Waals surface area contributed by atoms with E-state index in [4.69, 9.17) is 9.47 Å². The molecule has 0 radical (unpaired) electrons. The van der Waals surface area contributed by atoms with Crippen molar-refractivity contribution in [1.29, 1.82) is 0 Å². The molecule has 0 bridgehead atoms. The number of rotatable bonds is 5. The van der Waals surface area contributed by atoms with Crippen LogP contribution in [0.3, 0.4) is 0 Å². The van der Waals surface area contributed by atoms with E-state index in [-0.39, 0.29) is 18.7 Å². The normalized spacial score (nSPS) is 17.6. The van der Waals surface area contributed by atoms with E-state index in [0.29, 0.717) is 6.54 Å². The lowest BCUT2D eigenvalue weighted by atomic mass is 10.0. The lowest BCUT2D eigenvalue weighted by molar-refractivity contribution is -0.931. The zero-order chi connectivity index (χ0) is 18.6. The number of nitrogens with one attached hydrogen (secondary N) is 2. The van der Waals surface area contributed by atoms with Crippen LogP contribution in [0.1, 0.15) is 18.5 Å². The van der Waals surface area contributed by atoms with Crippen molar-refractivity contribution in [3.8, 4) is 11.5 Å². The summed E-state index contributed by atoms with van der Waals surface area (Å²) < 4.78 is 11.0. The van der Waals surface area contributed by atoms with Gasteiger partial charge in [0.05, 0.1) is 32.7 Å². The van der Waals surface area contributed by atoms with Crippen LogP contribution < -0.4 is 24.6 Å². The standard InChI is InChI=1S/C21H25N3O3/c1-16(25)22-14-19(17-7-8-20-21(13-17)27-15-26-20)24-11-9-23(10-12-24)18-5-3-2-4-6-18/h2-8,13,19H,9-12,14-15H2,1H3,(H,22,25)/p+1/t19-/m0/s1. The Hall–Kier alpha value is -2.73. The van der Waals surface area contributed by atoms with E-state index in [1.165, 1.54) is 16.2 Å². The number of hydrogen-bond acceptors (Lipinski definition) is 4. The van der Waals surface area contributed by atoms with Crippen molar-refractivity contribution < 1.29 is 19.2 Å². The molecule has 0 spiro atoms. The van der Waals surface area contributed by atoms with E-state index in [0.717, 1.165) is 37.7 Å². The summed E-state index contributed by atoms with van der Waals surface area (Å²) in [5.74, 6) is 1.59. The Kier molecular flexibility index (Phi) is 5.16. The van der Waals surface area contributed by atoms with Crippen LogP contribution in [0.2, 0.25) is 0 Å². The summed E-state index contributed by atoms with van der Waals surface area (Å²) in [6.45, 7) is 6.51. The first-order chi connectivity index (χ1) is 13.2. The van der Waals surface area contributed by atoms with Crippen LogP contribution >= 0.6 is 0 Å².